The van der Waals surface area contributed by atoms with E-state index in [4.69, 9.17) is 29.4 Å². The zero-order valence-electron chi connectivity index (χ0n) is 23.0. The minimum absolute atomic E-state index is 0.0287. The van der Waals surface area contributed by atoms with E-state index in [1.165, 1.54) is 19.2 Å². The molecule has 1 rings (SSSR count). The summed E-state index contributed by atoms with van der Waals surface area (Å²) in [5.41, 5.74) is 5.35. The summed E-state index contributed by atoms with van der Waals surface area (Å²) in [6, 6.07) is 4.60. The molecule has 0 unspecified atom stereocenters. The van der Waals surface area contributed by atoms with Gasteiger partial charge < -0.3 is 29.4 Å². The van der Waals surface area contributed by atoms with Crippen molar-refractivity contribution in [2.45, 2.75) is 72.8 Å². The molecule has 0 heterocycles. The van der Waals surface area contributed by atoms with Crippen LogP contribution in [0.2, 0.25) is 0 Å². The lowest BCUT2D eigenvalue weighted by atomic mass is 9.88. The van der Waals surface area contributed by atoms with E-state index in [2.05, 4.69) is 0 Å². The molecule has 0 aliphatic rings. The molecule has 1 aromatic rings. The van der Waals surface area contributed by atoms with Crippen molar-refractivity contribution in [1.82, 2.24) is 0 Å². The second kappa shape index (κ2) is 15.2. The van der Waals surface area contributed by atoms with Crippen LogP contribution in [-0.4, -0.2) is 49.9 Å². The molecular weight excluding hydrogens is 482 g/mol. The average molecular weight is 524 g/mol. The lowest BCUT2D eigenvalue weighted by Gasteiger charge is -2.26. The van der Waals surface area contributed by atoms with E-state index in [0.29, 0.717) is 5.56 Å². The Bertz CT molecular complexity index is 926. The van der Waals surface area contributed by atoms with E-state index < -0.39 is 29.6 Å². The van der Waals surface area contributed by atoms with Gasteiger partial charge in [-0.1, -0.05) is 47.6 Å². The summed E-state index contributed by atoms with van der Waals surface area (Å²) in [7, 11) is 1.21. The number of benzene rings is 1. The Morgan fingerprint density at radius 2 is 1.41 bits per heavy atom. The number of hydrogen-bond donors (Lipinski definition) is 1. The van der Waals surface area contributed by atoms with Gasteiger partial charge >= 0.3 is 24.1 Å². The van der Waals surface area contributed by atoms with Crippen LogP contribution in [0.25, 0.3) is 0 Å². The summed E-state index contributed by atoms with van der Waals surface area (Å²) in [4.78, 5) is 48.9. The smallest absolute Gasteiger partial charge is 0.468 e. The molecular formula is C27H41NO9. The second-order valence-corrected chi connectivity index (χ2v) is 10.3. The molecule has 0 radical (unpaired) electrons. The van der Waals surface area contributed by atoms with Crippen molar-refractivity contribution < 1.29 is 42.9 Å². The Morgan fingerprint density at radius 3 is 1.92 bits per heavy atom. The highest BCUT2D eigenvalue weighted by Crippen LogP contribution is 2.31. The lowest BCUT2D eigenvalue weighted by molar-refractivity contribution is -0.147. The van der Waals surface area contributed by atoms with Crippen LogP contribution >= 0.6 is 0 Å². The average Bonchev–Trinajstić information content (AvgIpc) is 2.77. The van der Waals surface area contributed by atoms with Crippen molar-refractivity contribution in [3.8, 4) is 11.5 Å². The highest BCUT2D eigenvalue weighted by Gasteiger charge is 2.36. The Kier molecular flexibility index (Phi) is 13.1. The van der Waals surface area contributed by atoms with E-state index in [-0.39, 0.29) is 68.1 Å². The van der Waals surface area contributed by atoms with Gasteiger partial charge in [-0.25, -0.2) is 4.79 Å². The first-order valence-corrected chi connectivity index (χ1v) is 12.5. The molecule has 0 saturated heterocycles. The van der Waals surface area contributed by atoms with Gasteiger partial charge in [0.05, 0.1) is 20.3 Å². The lowest BCUT2D eigenvalue weighted by Crippen LogP contribution is -2.51. The second-order valence-electron chi connectivity index (χ2n) is 10.3. The highest BCUT2D eigenvalue weighted by atomic mass is 16.7. The minimum Gasteiger partial charge on any atom is -0.468 e. The molecule has 0 aliphatic heterocycles. The van der Waals surface area contributed by atoms with Crippen LogP contribution in [0.3, 0.4) is 0 Å². The van der Waals surface area contributed by atoms with Gasteiger partial charge in [-0.2, -0.15) is 0 Å². The van der Waals surface area contributed by atoms with Crippen LogP contribution < -0.4 is 15.2 Å². The molecule has 1 atom stereocenters. The monoisotopic (exact) mass is 523 g/mol. The number of nitrogens with two attached hydrogens (primary N) is 1. The van der Waals surface area contributed by atoms with Gasteiger partial charge in [0.25, 0.3) is 0 Å². The summed E-state index contributed by atoms with van der Waals surface area (Å²) in [5, 5.41) is 0. The topological polar surface area (TPSA) is 140 Å². The van der Waals surface area contributed by atoms with Crippen molar-refractivity contribution in [2.75, 3.05) is 20.3 Å². The van der Waals surface area contributed by atoms with E-state index in [0.717, 1.165) is 0 Å². The van der Waals surface area contributed by atoms with E-state index in [9.17, 15) is 19.2 Å². The maximum Gasteiger partial charge on any atom is 0.508 e. The SMILES string of the molecule is COC(=O)[C@@](N)(CCOC(=O)OCC(C)C)Cc1ccc(OC(=O)CC(C)C)c(OC(=O)CC(C)C)c1. The van der Waals surface area contributed by atoms with Gasteiger partial charge in [0, 0.05) is 25.7 Å². The van der Waals surface area contributed by atoms with Crippen molar-refractivity contribution >= 4 is 24.1 Å². The fraction of sp³-hybridized carbons (Fsp3) is 0.630. The van der Waals surface area contributed by atoms with E-state index >= 15 is 0 Å². The number of carbonyl (C=O) groups is 4. The number of ether oxygens (including phenoxy) is 5. The third-order valence-electron chi connectivity index (χ3n) is 5.02. The molecule has 10 heteroatoms. The fourth-order valence-corrected chi connectivity index (χ4v) is 3.24. The number of carbonyl (C=O) groups excluding carboxylic acids is 4. The van der Waals surface area contributed by atoms with Crippen molar-refractivity contribution in [1.29, 1.82) is 0 Å². The first-order chi connectivity index (χ1) is 17.2. The van der Waals surface area contributed by atoms with Gasteiger partial charge in [0.15, 0.2) is 11.5 Å². The summed E-state index contributed by atoms with van der Waals surface area (Å²) in [5.74, 6) is -1.25. The molecule has 0 spiro atoms. The first kappa shape index (κ1) is 31.9. The molecule has 37 heavy (non-hydrogen) atoms. The Hall–Kier alpha value is -3.14. The third-order valence-corrected chi connectivity index (χ3v) is 5.02. The fourth-order valence-electron chi connectivity index (χ4n) is 3.24. The molecule has 1 aromatic carbocycles. The van der Waals surface area contributed by atoms with Crippen LogP contribution in [0.15, 0.2) is 18.2 Å². The third kappa shape index (κ3) is 12.1. The van der Waals surface area contributed by atoms with E-state index in [1.54, 1.807) is 6.07 Å². The number of rotatable bonds is 14. The molecule has 0 aromatic heterocycles. The van der Waals surface area contributed by atoms with Crippen LogP contribution in [0.1, 0.15) is 66.4 Å². The van der Waals surface area contributed by atoms with Crippen LogP contribution in [0.4, 0.5) is 4.79 Å². The largest absolute Gasteiger partial charge is 0.508 e. The molecule has 0 fully saturated rings. The highest BCUT2D eigenvalue weighted by molar-refractivity contribution is 5.81. The summed E-state index contributed by atoms with van der Waals surface area (Å²) in [6.07, 6.45) is -0.581. The van der Waals surface area contributed by atoms with Gasteiger partial charge in [0.1, 0.15) is 5.54 Å². The summed E-state index contributed by atoms with van der Waals surface area (Å²) >= 11 is 0. The molecule has 0 aliphatic carbocycles. The standard InChI is InChI=1S/C27H41NO9/c1-17(2)12-23(29)36-21-9-8-20(14-22(21)37-24(30)13-18(3)4)15-27(28,25(31)33-7)10-11-34-26(32)35-16-19(5)6/h8-9,14,17-19H,10-13,15-16,28H2,1-7H3/t27-/m1/s1. The van der Waals surface area contributed by atoms with Gasteiger partial charge in [-0.3, -0.25) is 14.4 Å². The zero-order chi connectivity index (χ0) is 28.2. The zero-order valence-corrected chi connectivity index (χ0v) is 23.0. The van der Waals surface area contributed by atoms with Crippen molar-refractivity contribution in [2.24, 2.45) is 23.5 Å². The Morgan fingerprint density at radius 1 is 0.838 bits per heavy atom. The number of methoxy groups -OCH3 is 1. The quantitative estimate of drug-likeness (QED) is 0.278. The van der Waals surface area contributed by atoms with Crippen LogP contribution in [-0.2, 0) is 35.0 Å². The normalized spacial score (nSPS) is 12.7. The van der Waals surface area contributed by atoms with Crippen molar-refractivity contribution in [3.63, 3.8) is 0 Å². The molecule has 208 valence electrons. The van der Waals surface area contributed by atoms with E-state index in [1.807, 2.05) is 41.5 Å². The molecule has 2 N–H and O–H groups in total. The van der Waals surface area contributed by atoms with Gasteiger partial charge in [-0.05, 0) is 35.4 Å². The predicted octanol–water partition coefficient (Wildman–Crippen LogP) is 4.20. The molecule has 0 bridgehead atoms. The maximum atomic E-state index is 12.6. The van der Waals surface area contributed by atoms with Crippen LogP contribution in [0, 0.1) is 17.8 Å². The maximum absolute atomic E-state index is 12.6. The number of hydrogen-bond acceptors (Lipinski definition) is 10. The summed E-state index contributed by atoms with van der Waals surface area (Å²) < 4.78 is 25.8. The Balaban J connectivity index is 3.11. The molecule has 0 amide bonds. The van der Waals surface area contributed by atoms with Gasteiger partial charge in [-0.15, -0.1) is 0 Å². The number of esters is 3. The predicted molar refractivity (Wildman–Crippen MR) is 136 cm³/mol. The Labute approximate surface area is 219 Å². The summed E-state index contributed by atoms with van der Waals surface area (Å²) in [6.45, 7) is 11.3. The molecule has 10 nitrogen and oxygen atoms in total. The van der Waals surface area contributed by atoms with Crippen molar-refractivity contribution in [3.05, 3.63) is 23.8 Å². The minimum atomic E-state index is -1.55. The molecule has 0 saturated carbocycles. The van der Waals surface area contributed by atoms with Gasteiger partial charge in [0.2, 0.25) is 0 Å². The van der Waals surface area contributed by atoms with Crippen LogP contribution in [0.5, 0.6) is 11.5 Å². The first-order valence-electron chi connectivity index (χ1n) is 12.5.